The normalized spacial score (nSPS) is 34.4. The summed E-state index contributed by atoms with van der Waals surface area (Å²) in [6.07, 6.45) is 10.6. The second-order valence-corrected chi connectivity index (χ2v) is 4.23. The highest BCUT2D eigenvalue weighted by Gasteiger charge is 2.28. The lowest BCUT2D eigenvalue weighted by Gasteiger charge is -2.24. The van der Waals surface area contributed by atoms with Gasteiger partial charge in [-0.15, -0.1) is 0 Å². The first-order chi connectivity index (χ1) is 5.47. The fourth-order valence-electron chi connectivity index (χ4n) is 2.79. The quantitative estimate of drug-likeness (QED) is 0.586. The predicted octanol–water partition coefficient (Wildman–Crippen LogP) is 1.29. The van der Waals surface area contributed by atoms with Crippen LogP contribution in [0.4, 0.5) is 0 Å². The van der Waals surface area contributed by atoms with E-state index in [9.17, 15) is 0 Å². The standard InChI is InChI=1S/C10H19N/c1-2-5-9(6-3-1)10-7-4-8-11-10/h9-11H,1-8H2/p+1/t10-/m0/s1. The maximum absolute atomic E-state index is 2.59. The molecule has 1 aliphatic carbocycles. The van der Waals surface area contributed by atoms with Gasteiger partial charge >= 0.3 is 0 Å². The fraction of sp³-hybridized carbons (Fsp3) is 1.00. The Balaban J connectivity index is 1.82. The molecule has 11 heavy (non-hydrogen) atoms. The molecular formula is C10H20N+. The molecule has 0 aromatic carbocycles. The van der Waals surface area contributed by atoms with Gasteiger partial charge in [0.15, 0.2) is 0 Å². The van der Waals surface area contributed by atoms with E-state index in [1.54, 1.807) is 0 Å². The van der Waals surface area contributed by atoms with Gasteiger partial charge < -0.3 is 5.32 Å². The number of rotatable bonds is 1. The van der Waals surface area contributed by atoms with Crippen LogP contribution >= 0.6 is 0 Å². The summed E-state index contributed by atoms with van der Waals surface area (Å²) >= 11 is 0. The third-order valence-electron chi connectivity index (χ3n) is 3.47. The summed E-state index contributed by atoms with van der Waals surface area (Å²) < 4.78 is 0. The summed E-state index contributed by atoms with van der Waals surface area (Å²) in [7, 11) is 0. The maximum Gasteiger partial charge on any atom is 0.0889 e. The van der Waals surface area contributed by atoms with Crippen molar-refractivity contribution in [3.8, 4) is 0 Å². The molecule has 1 heterocycles. The molecule has 0 aromatic rings. The highest BCUT2D eigenvalue weighted by molar-refractivity contribution is 4.74. The molecule has 64 valence electrons. The van der Waals surface area contributed by atoms with E-state index in [4.69, 9.17) is 0 Å². The van der Waals surface area contributed by atoms with Crippen molar-refractivity contribution < 1.29 is 5.32 Å². The van der Waals surface area contributed by atoms with Crippen LogP contribution in [0.3, 0.4) is 0 Å². The van der Waals surface area contributed by atoms with Crippen molar-refractivity contribution in [1.29, 1.82) is 0 Å². The first-order valence-corrected chi connectivity index (χ1v) is 5.30. The predicted molar refractivity (Wildman–Crippen MR) is 46.4 cm³/mol. The Morgan fingerprint density at radius 2 is 1.64 bits per heavy atom. The lowest BCUT2D eigenvalue weighted by molar-refractivity contribution is -0.677. The zero-order chi connectivity index (χ0) is 7.52. The maximum atomic E-state index is 2.59. The molecule has 1 atom stereocenters. The van der Waals surface area contributed by atoms with E-state index in [1.807, 2.05) is 0 Å². The lowest BCUT2D eigenvalue weighted by Crippen LogP contribution is -2.88. The Morgan fingerprint density at radius 1 is 0.818 bits per heavy atom. The number of nitrogens with two attached hydrogens (primary N) is 1. The summed E-state index contributed by atoms with van der Waals surface area (Å²) in [6, 6.07) is 1.02. The average molecular weight is 154 g/mol. The van der Waals surface area contributed by atoms with Gasteiger partial charge in [-0.25, -0.2) is 0 Å². The van der Waals surface area contributed by atoms with E-state index in [-0.39, 0.29) is 0 Å². The van der Waals surface area contributed by atoms with Gasteiger partial charge in [-0.3, -0.25) is 0 Å². The molecule has 0 radical (unpaired) electrons. The van der Waals surface area contributed by atoms with Crippen LogP contribution < -0.4 is 5.32 Å². The first-order valence-electron chi connectivity index (χ1n) is 5.30. The monoisotopic (exact) mass is 154 g/mol. The minimum Gasteiger partial charge on any atom is -0.344 e. The van der Waals surface area contributed by atoms with Crippen LogP contribution in [-0.4, -0.2) is 12.6 Å². The van der Waals surface area contributed by atoms with Crippen molar-refractivity contribution in [3.05, 3.63) is 0 Å². The van der Waals surface area contributed by atoms with E-state index in [0.29, 0.717) is 0 Å². The van der Waals surface area contributed by atoms with Gasteiger partial charge in [-0.1, -0.05) is 19.3 Å². The SMILES string of the molecule is C1CCC([C@@H]2CCC[NH2+]2)CC1. The molecule has 0 unspecified atom stereocenters. The molecule has 1 aliphatic heterocycles. The lowest BCUT2D eigenvalue weighted by atomic mass is 9.83. The third kappa shape index (κ3) is 1.76. The fourth-order valence-corrected chi connectivity index (χ4v) is 2.79. The molecule has 2 rings (SSSR count). The van der Waals surface area contributed by atoms with Crippen LogP contribution in [0, 0.1) is 5.92 Å². The van der Waals surface area contributed by atoms with Crippen molar-refractivity contribution in [2.24, 2.45) is 5.92 Å². The third-order valence-corrected chi connectivity index (χ3v) is 3.47. The van der Waals surface area contributed by atoms with Gasteiger partial charge in [0.1, 0.15) is 0 Å². The first kappa shape index (κ1) is 7.60. The minimum atomic E-state index is 1.02. The van der Waals surface area contributed by atoms with Gasteiger partial charge in [-0.2, -0.15) is 0 Å². The van der Waals surface area contributed by atoms with Gasteiger partial charge in [0, 0.05) is 18.8 Å². The number of hydrogen-bond acceptors (Lipinski definition) is 0. The zero-order valence-electron chi connectivity index (χ0n) is 7.39. The summed E-state index contributed by atoms with van der Waals surface area (Å²) in [4.78, 5) is 0. The molecule has 0 bridgehead atoms. The van der Waals surface area contributed by atoms with E-state index in [1.165, 1.54) is 51.5 Å². The van der Waals surface area contributed by atoms with Crippen LogP contribution in [0.2, 0.25) is 0 Å². The van der Waals surface area contributed by atoms with Crippen molar-refractivity contribution in [3.63, 3.8) is 0 Å². The molecule has 0 spiro atoms. The Bertz CT molecular complexity index is 110. The Labute approximate surface area is 69.6 Å². The molecule has 0 aromatic heterocycles. The Hall–Kier alpha value is -0.0400. The van der Waals surface area contributed by atoms with Crippen LogP contribution in [-0.2, 0) is 0 Å². The summed E-state index contributed by atoms with van der Waals surface area (Å²) in [5.41, 5.74) is 0. The van der Waals surface area contributed by atoms with Gasteiger partial charge in [0.05, 0.1) is 12.6 Å². The van der Waals surface area contributed by atoms with E-state index >= 15 is 0 Å². The van der Waals surface area contributed by atoms with Crippen LogP contribution in [0.5, 0.6) is 0 Å². The van der Waals surface area contributed by atoms with Crippen LogP contribution in [0.25, 0.3) is 0 Å². The molecule has 2 N–H and O–H groups in total. The minimum absolute atomic E-state index is 1.02. The second kappa shape index (κ2) is 3.57. The summed E-state index contributed by atoms with van der Waals surface area (Å²) in [6.45, 7) is 1.40. The molecule has 1 heteroatoms. The van der Waals surface area contributed by atoms with E-state index in [0.717, 1.165) is 12.0 Å². The number of quaternary nitrogens is 1. The molecular weight excluding hydrogens is 134 g/mol. The summed E-state index contributed by atoms with van der Waals surface area (Å²) in [5, 5.41) is 2.59. The largest absolute Gasteiger partial charge is 0.344 e. The second-order valence-electron chi connectivity index (χ2n) is 4.23. The van der Waals surface area contributed by atoms with E-state index < -0.39 is 0 Å². The van der Waals surface area contributed by atoms with Gasteiger partial charge in [-0.05, 0) is 12.8 Å². The summed E-state index contributed by atoms with van der Waals surface area (Å²) in [5.74, 6) is 1.09. The highest BCUT2D eigenvalue weighted by Crippen LogP contribution is 2.27. The van der Waals surface area contributed by atoms with Crippen molar-refractivity contribution in [2.75, 3.05) is 6.54 Å². The van der Waals surface area contributed by atoms with Crippen LogP contribution in [0.1, 0.15) is 44.9 Å². The van der Waals surface area contributed by atoms with Gasteiger partial charge in [0.25, 0.3) is 0 Å². The molecule has 2 aliphatic rings. The van der Waals surface area contributed by atoms with Gasteiger partial charge in [0.2, 0.25) is 0 Å². The molecule has 0 amide bonds. The zero-order valence-corrected chi connectivity index (χ0v) is 7.39. The van der Waals surface area contributed by atoms with Crippen molar-refractivity contribution >= 4 is 0 Å². The molecule has 1 nitrogen and oxygen atoms in total. The Kier molecular flexibility index (Phi) is 2.47. The topological polar surface area (TPSA) is 16.6 Å². The average Bonchev–Trinajstić information content (AvgIpc) is 2.58. The van der Waals surface area contributed by atoms with Crippen molar-refractivity contribution in [1.82, 2.24) is 0 Å². The highest BCUT2D eigenvalue weighted by atomic mass is 14.9. The molecule has 1 saturated heterocycles. The smallest absolute Gasteiger partial charge is 0.0889 e. The Morgan fingerprint density at radius 3 is 2.27 bits per heavy atom. The van der Waals surface area contributed by atoms with E-state index in [2.05, 4.69) is 5.32 Å². The van der Waals surface area contributed by atoms with Crippen molar-refractivity contribution in [2.45, 2.75) is 51.0 Å². The number of hydrogen-bond donors (Lipinski definition) is 1. The molecule has 2 fully saturated rings. The van der Waals surface area contributed by atoms with Crippen LogP contribution in [0.15, 0.2) is 0 Å². The molecule has 1 saturated carbocycles.